The largest absolute Gasteiger partial charge is 0.354 e. The lowest BCUT2D eigenvalue weighted by molar-refractivity contribution is -0.121. The number of nitrogens with one attached hydrogen (secondary N) is 3. The van der Waals surface area contributed by atoms with E-state index in [1.54, 1.807) is 0 Å². The molecule has 1 fully saturated rings. The van der Waals surface area contributed by atoms with Gasteiger partial charge in [-0.1, -0.05) is 0 Å². The number of carbonyl (C=O) groups excluding carboxylic acids is 2. The maximum absolute atomic E-state index is 12.7. The molecule has 0 aliphatic carbocycles. The van der Waals surface area contributed by atoms with Crippen LogP contribution >= 0.6 is 0 Å². The molecule has 1 saturated heterocycles. The molecule has 0 bridgehead atoms. The minimum absolute atomic E-state index is 0.0166. The molecule has 120 valence electrons. The van der Waals surface area contributed by atoms with Crippen molar-refractivity contribution in [1.82, 2.24) is 16.0 Å². The standard InChI is InChI=1S/C16H22FN3O2/c17-14-4-2-13(3-5-14)16(22)20-10-9-19-15(21)6-1-12-7-8-18-11-12/h2-5,12,18H,1,6-11H2,(H,19,21)(H,20,22). The van der Waals surface area contributed by atoms with Crippen LogP contribution in [0.2, 0.25) is 0 Å². The Balaban J connectivity index is 1.57. The highest BCUT2D eigenvalue weighted by Crippen LogP contribution is 2.13. The van der Waals surface area contributed by atoms with Crippen LogP contribution in [0.1, 0.15) is 29.6 Å². The second-order valence-corrected chi connectivity index (χ2v) is 5.51. The highest BCUT2D eigenvalue weighted by atomic mass is 19.1. The molecular weight excluding hydrogens is 285 g/mol. The van der Waals surface area contributed by atoms with E-state index >= 15 is 0 Å². The van der Waals surface area contributed by atoms with Gasteiger partial charge in [0.1, 0.15) is 5.82 Å². The van der Waals surface area contributed by atoms with Crippen molar-refractivity contribution in [2.24, 2.45) is 5.92 Å². The number of hydrogen-bond donors (Lipinski definition) is 3. The Morgan fingerprint density at radius 1 is 1.18 bits per heavy atom. The third-order valence-corrected chi connectivity index (χ3v) is 3.78. The minimum Gasteiger partial charge on any atom is -0.354 e. The van der Waals surface area contributed by atoms with Crippen LogP contribution in [0.4, 0.5) is 4.39 Å². The maximum atomic E-state index is 12.7. The van der Waals surface area contributed by atoms with Gasteiger partial charge in [-0.05, 0) is 56.1 Å². The zero-order chi connectivity index (χ0) is 15.8. The van der Waals surface area contributed by atoms with Gasteiger partial charge in [-0.2, -0.15) is 0 Å². The molecule has 0 radical (unpaired) electrons. The van der Waals surface area contributed by atoms with E-state index < -0.39 is 0 Å². The quantitative estimate of drug-likeness (QED) is 0.660. The number of rotatable bonds is 7. The Morgan fingerprint density at radius 2 is 1.91 bits per heavy atom. The molecule has 6 heteroatoms. The van der Waals surface area contributed by atoms with E-state index in [9.17, 15) is 14.0 Å². The van der Waals surface area contributed by atoms with Gasteiger partial charge < -0.3 is 16.0 Å². The molecular formula is C16H22FN3O2. The molecule has 0 spiro atoms. The average Bonchev–Trinajstić information content (AvgIpc) is 3.03. The van der Waals surface area contributed by atoms with E-state index in [-0.39, 0.29) is 17.6 Å². The predicted octanol–water partition coefficient (Wildman–Crippen LogP) is 1.06. The normalized spacial score (nSPS) is 17.2. The van der Waals surface area contributed by atoms with Crippen LogP contribution in [0.3, 0.4) is 0 Å². The molecule has 0 saturated carbocycles. The summed E-state index contributed by atoms with van der Waals surface area (Å²) < 4.78 is 12.7. The van der Waals surface area contributed by atoms with Gasteiger partial charge in [-0.15, -0.1) is 0 Å². The van der Waals surface area contributed by atoms with Crippen molar-refractivity contribution >= 4 is 11.8 Å². The van der Waals surface area contributed by atoms with Crippen LogP contribution < -0.4 is 16.0 Å². The highest BCUT2D eigenvalue weighted by molar-refractivity contribution is 5.94. The minimum atomic E-state index is -0.374. The van der Waals surface area contributed by atoms with E-state index in [4.69, 9.17) is 0 Å². The molecule has 0 aromatic heterocycles. The summed E-state index contributed by atoms with van der Waals surface area (Å²) in [5.74, 6) is -0.0283. The monoisotopic (exact) mass is 307 g/mol. The topological polar surface area (TPSA) is 70.2 Å². The molecule has 22 heavy (non-hydrogen) atoms. The van der Waals surface area contributed by atoms with Crippen molar-refractivity contribution < 1.29 is 14.0 Å². The summed E-state index contributed by atoms with van der Waals surface area (Å²) in [5.41, 5.74) is 0.404. The summed E-state index contributed by atoms with van der Waals surface area (Å²) in [4.78, 5) is 23.4. The highest BCUT2D eigenvalue weighted by Gasteiger charge is 2.15. The van der Waals surface area contributed by atoms with Crippen LogP contribution in [0.25, 0.3) is 0 Å². The Bertz CT molecular complexity index is 499. The maximum Gasteiger partial charge on any atom is 0.251 e. The van der Waals surface area contributed by atoms with Crippen molar-refractivity contribution in [2.45, 2.75) is 19.3 Å². The molecule has 1 atom stereocenters. The Labute approximate surface area is 129 Å². The smallest absolute Gasteiger partial charge is 0.251 e. The Kier molecular flexibility index (Phi) is 6.33. The van der Waals surface area contributed by atoms with E-state index in [2.05, 4.69) is 16.0 Å². The summed E-state index contributed by atoms with van der Waals surface area (Å²) in [6, 6.07) is 5.35. The first kappa shape index (κ1) is 16.4. The average molecular weight is 307 g/mol. The van der Waals surface area contributed by atoms with E-state index in [0.717, 1.165) is 25.9 Å². The SMILES string of the molecule is O=C(CCC1CCNC1)NCCNC(=O)c1ccc(F)cc1. The van der Waals surface area contributed by atoms with Gasteiger partial charge in [0.05, 0.1) is 0 Å². The van der Waals surface area contributed by atoms with Crippen LogP contribution in [0, 0.1) is 11.7 Å². The fourth-order valence-corrected chi connectivity index (χ4v) is 2.47. The number of amides is 2. The van der Waals surface area contributed by atoms with Crippen molar-refractivity contribution in [3.63, 3.8) is 0 Å². The Hall–Kier alpha value is -1.95. The predicted molar refractivity (Wildman–Crippen MR) is 82.0 cm³/mol. The van der Waals surface area contributed by atoms with Gasteiger partial charge >= 0.3 is 0 Å². The number of hydrogen-bond acceptors (Lipinski definition) is 3. The molecule has 1 aromatic carbocycles. The molecule has 3 N–H and O–H groups in total. The van der Waals surface area contributed by atoms with Crippen LogP contribution in [0.5, 0.6) is 0 Å². The molecule has 1 aliphatic heterocycles. The summed E-state index contributed by atoms with van der Waals surface area (Å²) in [6.45, 7) is 2.80. The fourth-order valence-electron chi connectivity index (χ4n) is 2.47. The molecule has 1 heterocycles. The van der Waals surface area contributed by atoms with Crippen LogP contribution in [0.15, 0.2) is 24.3 Å². The van der Waals surface area contributed by atoms with Crippen molar-refractivity contribution in [3.8, 4) is 0 Å². The van der Waals surface area contributed by atoms with Crippen molar-refractivity contribution in [1.29, 1.82) is 0 Å². The fraction of sp³-hybridized carbons (Fsp3) is 0.500. The lowest BCUT2D eigenvalue weighted by Crippen LogP contribution is -2.34. The Morgan fingerprint density at radius 3 is 2.59 bits per heavy atom. The van der Waals surface area contributed by atoms with E-state index in [1.807, 2.05) is 0 Å². The zero-order valence-corrected chi connectivity index (χ0v) is 12.5. The van der Waals surface area contributed by atoms with Gasteiger partial charge in [0.25, 0.3) is 5.91 Å². The molecule has 5 nitrogen and oxygen atoms in total. The number of carbonyl (C=O) groups is 2. The molecule has 1 unspecified atom stereocenters. The zero-order valence-electron chi connectivity index (χ0n) is 12.5. The molecule has 1 aromatic rings. The van der Waals surface area contributed by atoms with E-state index in [0.29, 0.717) is 31.0 Å². The first-order valence-electron chi connectivity index (χ1n) is 7.66. The van der Waals surface area contributed by atoms with Gasteiger partial charge in [0.15, 0.2) is 0 Å². The van der Waals surface area contributed by atoms with Gasteiger partial charge in [-0.3, -0.25) is 9.59 Å². The molecule has 1 aliphatic rings. The molecule has 2 amide bonds. The first-order valence-corrected chi connectivity index (χ1v) is 7.66. The lowest BCUT2D eigenvalue weighted by Gasteiger charge is -2.09. The third-order valence-electron chi connectivity index (χ3n) is 3.78. The summed E-state index contributed by atoms with van der Waals surface area (Å²) in [6.07, 6.45) is 2.57. The van der Waals surface area contributed by atoms with Crippen LogP contribution in [-0.2, 0) is 4.79 Å². The summed E-state index contributed by atoms with van der Waals surface area (Å²) in [5, 5.41) is 8.75. The van der Waals surface area contributed by atoms with Gasteiger partial charge in [0, 0.05) is 25.1 Å². The van der Waals surface area contributed by atoms with E-state index in [1.165, 1.54) is 24.3 Å². The first-order chi connectivity index (χ1) is 10.6. The second kappa shape index (κ2) is 8.48. The van der Waals surface area contributed by atoms with Gasteiger partial charge in [-0.25, -0.2) is 4.39 Å². The number of benzene rings is 1. The lowest BCUT2D eigenvalue weighted by atomic mass is 10.0. The van der Waals surface area contributed by atoms with Crippen molar-refractivity contribution in [3.05, 3.63) is 35.6 Å². The van der Waals surface area contributed by atoms with Crippen molar-refractivity contribution in [2.75, 3.05) is 26.2 Å². The third kappa shape index (κ3) is 5.44. The second-order valence-electron chi connectivity index (χ2n) is 5.51. The van der Waals surface area contributed by atoms with Crippen LogP contribution in [-0.4, -0.2) is 38.0 Å². The number of halogens is 1. The van der Waals surface area contributed by atoms with Gasteiger partial charge in [0.2, 0.25) is 5.91 Å². The summed E-state index contributed by atoms with van der Waals surface area (Å²) in [7, 11) is 0. The summed E-state index contributed by atoms with van der Waals surface area (Å²) >= 11 is 0. The molecule has 2 rings (SSSR count).